The van der Waals surface area contributed by atoms with Crippen LogP contribution < -0.4 is 0 Å². The zero-order valence-electron chi connectivity index (χ0n) is 5.72. The average molecular weight is 178 g/mol. The second kappa shape index (κ2) is 5.65. The van der Waals surface area contributed by atoms with Crippen LogP contribution in [0.25, 0.3) is 0 Å². The van der Waals surface area contributed by atoms with Gasteiger partial charge in [-0.2, -0.15) is 0 Å². The summed E-state index contributed by atoms with van der Waals surface area (Å²) in [6.45, 7) is 0.377. The van der Waals surface area contributed by atoms with Crippen molar-refractivity contribution in [1.29, 1.82) is 0 Å². The monoisotopic (exact) mass is 178 g/mol. The van der Waals surface area contributed by atoms with Gasteiger partial charge >= 0.3 is 55.8 Å². The van der Waals surface area contributed by atoms with E-state index in [4.69, 9.17) is 5.11 Å². The molecule has 0 aromatic carbocycles. The van der Waals surface area contributed by atoms with Crippen LogP contribution in [0.4, 0.5) is 0 Å². The van der Waals surface area contributed by atoms with Crippen LogP contribution in [0.3, 0.4) is 0 Å². The number of aliphatic hydroxyl groups is 1. The van der Waals surface area contributed by atoms with Gasteiger partial charge in [0.25, 0.3) is 0 Å². The van der Waals surface area contributed by atoms with E-state index in [1.165, 1.54) is 11.6 Å². The number of rotatable bonds is 4. The molecule has 0 saturated carbocycles. The van der Waals surface area contributed by atoms with Crippen LogP contribution in [0, 0.1) is 0 Å². The Bertz CT molecular complexity index is 45.8. The molecule has 0 unspecified atom stereocenters. The van der Waals surface area contributed by atoms with Crippen molar-refractivity contribution in [2.24, 2.45) is 0 Å². The van der Waals surface area contributed by atoms with Crippen LogP contribution in [0.15, 0.2) is 0 Å². The first-order valence-corrected chi connectivity index (χ1v) is 8.11. The molecule has 0 aliphatic heterocycles. The van der Waals surface area contributed by atoms with Crippen LogP contribution in [-0.2, 0) is 0 Å². The normalized spacial score (nSPS) is 10.5. The van der Waals surface area contributed by atoms with Gasteiger partial charge < -0.3 is 0 Å². The van der Waals surface area contributed by atoms with E-state index >= 15 is 0 Å². The minimum absolute atomic E-state index is 0.369. The number of aliphatic hydroxyl groups excluding tert-OH is 1. The first kappa shape index (κ1) is 8.52. The molecule has 0 radical (unpaired) electrons. The Balaban J connectivity index is 2.72. The summed E-state index contributed by atoms with van der Waals surface area (Å²) in [6.07, 6.45) is 2.25. The zero-order chi connectivity index (χ0) is 6.41. The quantitative estimate of drug-likeness (QED) is 0.511. The molecule has 0 aromatic rings. The Morgan fingerprint density at radius 2 is 1.88 bits per heavy atom. The molecule has 0 rings (SSSR count). The van der Waals surface area contributed by atoms with E-state index in [2.05, 4.69) is 11.4 Å². The van der Waals surface area contributed by atoms with Gasteiger partial charge in [0, 0.05) is 0 Å². The molecule has 50 valence electrons. The molecule has 0 spiro atoms. The fourth-order valence-electron chi connectivity index (χ4n) is 0.540. The molecular weight excluding hydrogens is 163 g/mol. The van der Waals surface area contributed by atoms with Gasteiger partial charge in [-0.1, -0.05) is 0 Å². The van der Waals surface area contributed by atoms with E-state index < -0.39 is 0 Å². The zero-order valence-corrected chi connectivity index (χ0v) is 7.60. The minimum atomic E-state index is -0.369. The number of hydrogen-bond donors (Lipinski definition) is 1. The SMILES string of the molecule is C[As](C)CCCCO. The summed E-state index contributed by atoms with van der Waals surface area (Å²) in [5, 5.41) is 9.79. The molecule has 0 aliphatic rings. The third-order valence-corrected chi connectivity index (χ3v) is 3.55. The van der Waals surface area contributed by atoms with E-state index in [9.17, 15) is 0 Å². The van der Waals surface area contributed by atoms with E-state index in [-0.39, 0.29) is 14.7 Å². The number of unbranched alkanes of at least 4 members (excludes halogenated alkanes) is 1. The fraction of sp³-hybridized carbons (Fsp3) is 1.00. The van der Waals surface area contributed by atoms with Gasteiger partial charge in [-0.3, -0.25) is 0 Å². The van der Waals surface area contributed by atoms with E-state index in [1.54, 1.807) is 0 Å². The van der Waals surface area contributed by atoms with E-state index in [1.807, 2.05) is 0 Å². The van der Waals surface area contributed by atoms with Gasteiger partial charge in [0.1, 0.15) is 0 Å². The van der Waals surface area contributed by atoms with Gasteiger partial charge in [-0.25, -0.2) is 0 Å². The summed E-state index contributed by atoms with van der Waals surface area (Å²) in [6, 6.07) is 0. The topological polar surface area (TPSA) is 20.2 Å². The predicted octanol–water partition coefficient (Wildman–Crippen LogP) is 1.51. The van der Waals surface area contributed by atoms with Gasteiger partial charge in [0.2, 0.25) is 0 Å². The van der Waals surface area contributed by atoms with Crippen molar-refractivity contribution in [3.05, 3.63) is 0 Å². The summed E-state index contributed by atoms with van der Waals surface area (Å²) in [5.41, 5.74) is 4.70. The van der Waals surface area contributed by atoms with Crippen molar-refractivity contribution in [2.45, 2.75) is 29.5 Å². The van der Waals surface area contributed by atoms with Gasteiger partial charge in [-0.05, 0) is 0 Å². The van der Waals surface area contributed by atoms with E-state index in [0.717, 1.165) is 6.42 Å². The Hall–Kier alpha value is 0.518. The van der Waals surface area contributed by atoms with Crippen molar-refractivity contribution in [3.8, 4) is 0 Å². The van der Waals surface area contributed by atoms with Crippen molar-refractivity contribution in [3.63, 3.8) is 0 Å². The molecule has 0 bridgehead atoms. The Kier molecular flexibility index (Phi) is 6.02. The van der Waals surface area contributed by atoms with Crippen molar-refractivity contribution in [1.82, 2.24) is 0 Å². The molecule has 0 heterocycles. The molecule has 1 nitrogen and oxygen atoms in total. The van der Waals surface area contributed by atoms with Crippen molar-refractivity contribution in [2.75, 3.05) is 6.61 Å². The summed E-state index contributed by atoms with van der Waals surface area (Å²) >= 11 is -0.369. The second-order valence-corrected chi connectivity index (χ2v) is 7.70. The van der Waals surface area contributed by atoms with Crippen molar-refractivity contribution >= 4 is 14.7 Å². The Morgan fingerprint density at radius 3 is 2.25 bits per heavy atom. The van der Waals surface area contributed by atoms with Crippen LogP contribution in [0.5, 0.6) is 0 Å². The molecule has 8 heavy (non-hydrogen) atoms. The summed E-state index contributed by atoms with van der Waals surface area (Å²) < 4.78 is 0. The molecule has 0 atom stereocenters. The summed E-state index contributed by atoms with van der Waals surface area (Å²) in [5.74, 6) is 0. The molecule has 2 heteroatoms. The molecule has 0 aliphatic carbocycles. The van der Waals surface area contributed by atoms with Crippen LogP contribution in [0.2, 0.25) is 16.6 Å². The molecule has 0 saturated heterocycles. The number of hydrogen-bond acceptors (Lipinski definition) is 1. The predicted molar refractivity (Wildman–Crippen MR) is 38.6 cm³/mol. The first-order chi connectivity index (χ1) is 3.77. The second-order valence-electron chi connectivity index (χ2n) is 2.23. The molecule has 1 N–H and O–H groups in total. The van der Waals surface area contributed by atoms with Crippen LogP contribution >= 0.6 is 0 Å². The third-order valence-electron chi connectivity index (χ3n) is 1.01. The van der Waals surface area contributed by atoms with Crippen molar-refractivity contribution < 1.29 is 5.11 Å². The third kappa shape index (κ3) is 6.52. The first-order valence-electron chi connectivity index (χ1n) is 3.03. The van der Waals surface area contributed by atoms with Gasteiger partial charge in [0.05, 0.1) is 0 Å². The fourth-order valence-corrected chi connectivity index (χ4v) is 2.34. The van der Waals surface area contributed by atoms with Gasteiger partial charge in [0.15, 0.2) is 0 Å². The standard InChI is InChI=1S/C6H15AsO/c1-7(2)5-3-4-6-8/h8H,3-6H2,1-2H3. The van der Waals surface area contributed by atoms with Crippen LogP contribution in [-0.4, -0.2) is 26.4 Å². The van der Waals surface area contributed by atoms with E-state index in [0.29, 0.717) is 6.61 Å². The average Bonchev–Trinajstić information content (AvgIpc) is 1.66. The molecule has 0 aromatic heterocycles. The van der Waals surface area contributed by atoms with Gasteiger partial charge in [-0.15, -0.1) is 0 Å². The maximum absolute atomic E-state index is 8.40. The Morgan fingerprint density at radius 1 is 1.25 bits per heavy atom. The summed E-state index contributed by atoms with van der Waals surface area (Å²) in [7, 11) is 0. The molecular formula is C6H15AsO. The van der Waals surface area contributed by atoms with Crippen LogP contribution in [0.1, 0.15) is 12.8 Å². The molecule has 0 fully saturated rings. The molecule has 0 amide bonds. The maximum atomic E-state index is 8.40. The summed E-state index contributed by atoms with van der Waals surface area (Å²) in [4.78, 5) is 0. The Labute approximate surface area is 56.4 Å².